The van der Waals surface area contributed by atoms with Crippen LogP contribution < -0.4 is 15.4 Å². The molecule has 8 nitrogen and oxygen atoms in total. The fraction of sp³-hybridized carbons (Fsp3) is 0.522. The standard InChI is InChI=1S/C23H31N3O5/c1-14-6-11-17-19(18(14)21(28)24-2)23(30)26(12-4-5-13-27)20(17)22(29)25-15-7-9-16(31-3)10-8-15/h6-11,14,17-20,27H,4-5,12-13H2,1-3H3,(H,24,28)(H,25,29)/t14-,17+,18-,19+,20+/m1/s1. The molecule has 1 aliphatic heterocycles. The highest BCUT2D eigenvalue weighted by atomic mass is 16.5. The van der Waals surface area contributed by atoms with Crippen molar-refractivity contribution in [1.29, 1.82) is 0 Å². The molecule has 1 saturated heterocycles. The van der Waals surface area contributed by atoms with Crippen molar-refractivity contribution in [2.24, 2.45) is 23.7 Å². The normalized spacial score (nSPS) is 27.0. The number of rotatable bonds is 8. The Morgan fingerprint density at radius 3 is 2.45 bits per heavy atom. The Labute approximate surface area is 182 Å². The van der Waals surface area contributed by atoms with Gasteiger partial charge in [0.25, 0.3) is 0 Å². The summed E-state index contributed by atoms with van der Waals surface area (Å²) in [7, 11) is 3.14. The lowest BCUT2D eigenvalue weighted by molar-refractivity contribution is -0.140. The minimum Gasteiger partial charge on any atom is -0.497 e. The van der Waals surface area contributed by atoms with Gasteiger partial charge in [-0.2, -0.15) is 0 Å². The van der Waals surface area contributed by atoms with E-state index in [1.165, 1.54) is 0 Å². The average molecular weight is 430 g/mol. The summed E-state index contributed by atoms with van der Waals surface area (Å²) in [6.45, 7) is 2.30. The van der Waals surface area contributed by atoms with Gasteiger partial charge in [0.1, 0.15) is 11.8 Å². The maximum absolute atomic E-state index is 13.4. The quantitative estimate of drug-likeness (QED) is 0.428. The van der Waals surface area contributed by atoms with Crippen LogP contribution >= 0.6 is 0 Å². The van der Waals surface area contributed by atoms with Crippen LogP contribution in [0.15, 0.2) is 36.4 Å². The number of nitrogens with zero attached hydrogens (tertiary/aromatic N) is 1. The maximum Gasteiger partial charge on any atom is 0.247 e. The minimum atomic E-state index is -0.714. The number of hydrogen-bond donors (Lipinski definition) is 3. The van der Waals surface area contributed by atoms with E-state index in [1.807, 2.05) is 19.1 Å². The van der Waals surface area contributed by atoms with Crippen LogP contribution in [0.4, 0.5) is 5.69 Å². The van der Waals surface area contributed by atoms with Crippen LogP contribution in [0.2, 0.25) is 0 Å². The number of allylic oxidation sites excluding steroid dienone is 1. The number of fused-ring (bicyclic) bond motifs is 1. The van der Waals surface area contributed by atoms with Crippen LogP contribution in [0.1, 0.15) is 19.8 Å². The molecular weight excluding hydrogens is 398 g/mol. The van der Waals surface area contributed by atoms with Crippen molar-refractivity contribution in [3.8, 4) is 5.75 Å². The topological polar surface area (TPSA) is 108 Å². The molecule has 1 fully saturated rings. The van der Waals surface area contributed by atoms with Crippen molar-refractivity contribution in [2.75, 3.05) is 32.6 Å². The second-order valence-electron chi connectivity index (χ2n) is 8.11. The van der Waals surface area contributed by atoms with Gasteiger partial charge in [-0.3, -0.25) is 14.4 Å². The van der Waals surface area contributed by atoms with Gasteiger partial charge in [0.05, 0.1) is 18.9 Å². The van der Waals surface area contributed by atoms with E-state index in [9.17, 15) is 14.4 Å². The molecule has 0 radical (unpaired) electrons. The van der Waals surface area contributed by atoms with Crippen molar-refractivity contribution in [3.05, 3.63) is 36.4 Å². The van der Waals surface area contributed by atoms with E-state index in [0.717, 1.165) is 0 Å². The smallest absolute Gasteiger partial charge is 0.247 e. The molecule has 168 valence electrons. The molecule has 8 heteroatoms. The minimum absolute atomic E-state index is 0.0232. The van der Waals surface area contributed by atoms with Crippen molar-refractivity contribution in [3.63, 3.8) is 0 Å². The predicted molar refractivity (Wildman–Crippen MR) is 116 cm³/mol. The predicted octanol–water partition coefficient (Wildman–Crippen LogP) is 1.42. The number of amides is 3. The Morgan fingerprint density at radius 1 is 1.13 bits per heavy atom. The van der Waals surface area contributed by atoms with Gasteiger partial charge in [0.15, 0.2) is 0 Å². The van der Waals surface area contributed by atoms with Gasteiger partial charge in [-0.15, -0.1) is 0 Å². The molecule has 0 bridgehead atoms. The van der Waals surface area contributed by atoms with E-state index in [-0.39, 0.29) is 30.2 Å². The van der Waals surface area contributed by atoms with Crippen molar-refractivity contribution < 1.29 is 24.2 Å². The fourth-order valence-corrected chi connectivity index (χ4v) is 4.68. The molecule has 0 saturated carbocycles. The van der Waals surface area contributed by atoms with Crippen LogP contribution in [0.5, 0.6) is 5.75 Å². The highest BCUT2D eigenvalue weighted by Gasteiger charge is 2.56. The van der Waals surface area contributed by atoms with Crippen molar-refractivity contribution in [2.45, 2.75) is 25.8 Å². The van der Waals surface area contributed by atoms with Crippen LogP contribution in [-0.4, -0.2) is 61.1 Å². The summed E-state index contributed by atoms with van der Waals surface area (Å²) < 4.78 is 5.15. The summed E-state index contributed by atoms with van der Waals surface area (Å²) in [5.74, 6) is -1.57. The Morgan fingerprint density at radius 2 is 1.84 bits per heavy atom. The van der Waals surface area contributed by atoms with Gasteiger partial charge in [-0.1, -0.05) is 19.1 Å². The molecule has 2 aliphatic rings. The van der Waals surface area contributed by atoms with Crippen LogP contribution in [0, 0.1) is 23.7 Å². The zero-order valence-corrected chi connectivity index (χ0v) is 18.2. The molecule has 1 heterocycles. The number of carbonyl (C=O) groups is 3. The van der Waals surface area contributed by atoms with Gasteiger partial charge in [-0.05, 0) is 43.0 Å². The molecule has 1 aliphatic carbocycles. The Kier molecular flexibility index (Phi) is 7.33. The van der Waals surface area contributed by atoms with E-state index in [4.69, 9.17) is 9.84 Å². The molecule has 3 amide bonds. The number of benzene rings is 1. The third-order valence-corrected chi connectivity index (χ3v) is 6.26. The first-order valence-corrected chi connectivity index (χ1v) is 10.7. The molecular formula is C23H31N3O5. The van der Waals surface area contributed by atoms with E-state index in [1.54, 1.807) is 43.3 Å². The number of nitrogens with one attached hydrogen (secondary N) is 2. The van der Waals surface area contributed by atoms with Crippen LogP contribution in [0.3, 0.4) is 0 Å². The first-order valence-electron chi connectivity index (χ1n) is 10.7. The van der Waals surface area contributed by atoms with Gasteiger partial charge >= 0.3 is 0 Å². The summed E-state index contributed by atoms with van der Waals surface area (Å²) in [4.78, 5) is 40.9. The SMILES string of the molecule is CNC(=O)[C@H]1[C@H]2C(=O)N(CCCCO)[C@H](C(=O)Nc3ccc(OC)cc3)[C@H]2C=C[C@H]1C. The largest absolute Gasteiger partial charge is 0.497 e. The van der Waals surface area contributed by atoms with Gasteiger partial charge in [-0.25, -0.2) is 0 Å². The lowest BCUT2D eigenvalue weighted by Crippen LogP contribution is -2.45. The third-order valence-electron chi connectivity index (χ3n) is 6.26. The monoisotopic (exact) mass is 429 g/mol. The van der Waals surface area contributed by atoms with Crippen molar-refractivity contribution in [1.82, 2.24) is 10.2 Å². The first-order chi connectivity index (χ1) is 14.9. The fourth-order valence-electron chi connectivity index (χ4n) is 4.68. The number of anilines is 1. The number of methoxy groups -OCH3 is 1. The Balaban J connectivity index is 1.90. The highest BCUT2D eigenvalue weighted by molar-refractivity contribution is 6.01. The van der Waals surface area contributed by atoms with Gasteiger partial charge < -0.3 is 25.4 Å². The van der Waals surface area contributed by atoms with Crippen LogP contribution in [-0.2, 0) is 14.4 Å². The molecule has 0 aromatic heterocycles. The average Bonchev–Trinajstić information content (AvgIpc) is 3.05. The number of ether oxygens (including phenoxy) is 1. The van der Waals surface area contributed by atoms with E-state index < -0.39 is 23.8 Å². The summed E-state index contributed by atoms with van der Waals surface area (Å²) in [6, 6.07) is 6.27. The highest BCUT2D eigenvalue weighted by Crippen LogP contribution is 2.44. The molecule has 3 rings (SSSR count). The van der Waals surface area contributed by atoms with E-state index >= 15 is 0 Å². The maximum atomic E-state index is 13.4. The summed E-state index contributed by atoms with van der Waals surface area (Å²) in [5.41, 5.74) is 0.605. The molecule has 3 N–H and O–H groups in total. The zero-order valence-electron chi connectivity index (χ0n) is 18.2. The van der Waals surface area contributed by atoms with Crippen molar-refractivity contribution >= 4 is 23.4 Å². The zero-order chi connectivity index (χ0) is 22.5. The molecule has 31 heavy (non-hydrogen) atoms. The van der Waals surface area contributed by atoms with Gasteiger partial charge in [0, 0.05) is 31.8 Å². The Hall–Kier alpha value is -2.87. The third kappa shape index (κ3) is 4.58. The van der Waals surface area contributed by atoms with Crippen LogP contribution in [0.25, 0.3) is 0 Å². The summed E-state index contributed by atoms with van der Waals surface area (Å²) in [6.07, 6.45) is 4.96. The number of carbonyl (C=O) groups excluding carboxylic acids is 3. The number of hydrogen-bond acceptors (Lipinski definition) is 5. The van der Waals surface area contributed by atoms with E-state index in [2.05, 4.69) is 10.6 Å². The lowest BCUT2D eigenvalue weighted by Gasteiger charge is -2.32. The summed E-state index contributed by atoms with van der Waals surface area (Å²) >= 11 is 0. The molecule has 5 atom stereocenters. The molecule has 1 aromatic carbocycles. The number of likely N-dealkylation sites (tertiary alicyclic amines) is 1. The van der Waals surface area contributed by atoms with E-state index in [0.29, 0.717) is 30.8 Å². The Bertz CT molecular complexity index is 838. The summed E-state index contributed by atoms with van der Waals surface area (Å²) in [5, 5.41) is 14.7. The molecule has 0 unspecified atom stereocenters. The lowest BCUT2D eigenvalue weighted by atomic mass is 9.70. The second kappa shape index (κ2) is 9.96. The first kappa shape index (κ1) is 22.8. The molecule has 0 spiro atoms. The number of aliphatic hydroxyl groups excluding tert-OH is 1. The second-order valence-corrected chi connectivity index (χ2v) is 8.11. The number of unbranched alkanes of at least 4 members (excludes halogenated alkanes) is 1. The number of aliphatic hydroxyl groups is 1. The molecule has 1 aromatic rings. The van der Waals surface area contributed by atoms with Gasteiger partial charge in [0.2, 0.25) is 17.7 Å².